The van der Waals surface area contributed by atoms with Gasteiger partial charge in [-0.3, -0.25) is 14.6 Å². The molecule has 0 aliphatic carbocycles. The third-order valence-electron chi connectivity index (χ3n) is 6.85. The maximum absolute atomic E-state index is 15.2. The minimum atomic E-state index is -0.858. The fraction of sp³-hybridized carbons (Fsp3) is 0.152. The molecule has 0 spiro atoms. The normalized spacial score (nSPS) is 10.8. The number of carbonyl (C=O) groups excluding carboxylic acids is 2. The van der Waals surface area contributed by atoms with Crippen LogP contribution >= 0.6 is 0 Å². The lowest BCUT2D eigenvalue weighted by atomic mass is 10.00. The Kier molecular flexibility index (Phi) is 8.75. The highest BCUT2D eigenvalue weighted by molar-refractivity contribution is 6.06. The number of amides is 1. The molecule has 0 bridgehead atoms. The van der Waals surface area contributed by atoms with Crippen LogP contribution in [0.1, 0.15) is 27.8 Å². The first-order chi connectivity index (χ1) is 21.6. The highest BCUT2D eigenvalue weighted by atomic mass is 19.1. The average molecular weight is 616 g/mol. The van der Waals surface area contributed by atoms with E-state index in [2.05, 4.69) is 10.3 Å². The molecule has 0 unspecified atom stereocenters. The molecule has 0 aliphatic rings. The largest absolute Gasteiger partial charge is 0.493 e. The van der Waals surface area contributed by atoms with Crippen LogP contribution in [-0.2, 0) is 11.8 Å². The van der Waals surface area contributed by atoms with Gasteiger partial charge in [-0.1, -0.05) is 12.1 Å². The Balaban J connectivity index is 1.45. The molecule has 0 atom stereocenters. The van der Waals surface area contributed by atoms with Crippen molar-refractivity contribution < 1.29 is 37.3 Å². The Labute approximate surface area is 255 Å². The number of benzene rings is 3. The summed E-state index contributed by atoms with van der Waals surface area (Å²) < 4.78 is 51.8. The van der Waals surface area contributed by atoms with Crippen molar-refractivity contribution in [2.24, 2.45) is 7.05 Å². The number of ether oxygens (including phenoxy) is 4. The number of hydrogen-bond acceptors (Lipinski definition) is 8. The molecule has 2 aromatic heterocycles. The highest BCUT2D eigenvalue weighted by Gasteiger charge is 2.25. The third kappa shape index (κ3) is 6.16. The lowest BCUT2D eigenvalue weighted by Crippen LogP contribution is -2.28. The van der Waals surface area contributed by atoms with E-state index in [0.717, 1.165) is 18.2 Å². The van der Waals surface area contributed by atoms with Gasteiger partial charge in [-0.15, -0.1) is 0 Å². The van der Waals surface area contributed by atoms with E-state index >= 15 is 4.39 Å². The van der Waals surface area contributed by atoms with Crippen LogP contribution in [0.2, 0.25) is 0 Å². The lowest BCUT2D eigenvalue weighted by Gasteiger charge is -2.16. The SMILES string of the molecule is CCOC(=O)c1c(-c2ccc(F)cc2)c(=O)c(C(=O)Nc2ccc(Oc3ccnc4cc(OC)c(OC)cc34)c(F)c2)cn1C. The zero-order chi connectivity index (χ0) is 32.2. The van der Waals surface area contributed by atoms with Gasteiger partial charge in [0.25, 0.3) is 5.91 Å². The smallest absolute Gasteiger partial charge is 0.355 e. The second-order valence-corrected chi connectivity index (χ2v) is 9.67. The average Bonchev–Trinajstić information content (AvgIpc) is 3.03. The Hall–Kier alpha value is -5.78. The van der Waals surface area contributed by atoms with Crippen molar-refractivity contribution in [2.75, 3.05) is 26.1 Å². The van der Waals surface area contributed by atoms with Gasteiger partial charge in [-0.2, -0.15) is 0 Å². The number of carbonyl (C=O) groups is 2. The maximum atomic E-state index is 15.2. The number of aromatic nitrogens is 2. The fourth-order valence-corrected chi connectivity index (χ4v) is 4.74. The molecule has 12 heteroatoms. The lowest BCUT2D eigenvalue weighted by molar-refractivity contribution is 0.0514. The van der Waals surface area contributed by atoms with Gasteiger partial charge in [0, 0.05) is 42.6 Å². The zero-order valence-corrected chi connectivity index (χ0v) is 24.6. The van der Waals surface area contributed by atoms with Crippen molar-refractivity contribution in [3.63, 3.8) is 0 Å². The topological polar surface area (TPSA) is 118 Å². The number of nitrogens with zero attached hydrogens (tertiary/aromatic N) is 2. The van der Waals surface area contributed by atoms with Crippen LogP contribution in [0.3, 0.4) is 0 Å². The van der Waals surface area contributed by atoms with E-state index in [1.807, 2.05) is 0 Å². The monoisotopic (exact) mass is 615 g/mol. The summed E-state index contributed by atoms with van der Waals surface area (Å²) in [6, 6.07) is 13.6. The molecule has 0 saturated heterocycles. The molecule has 0 fully saturated rings. The molecule has 1 N–H and O–H groups in total. The van der Waals surface area contributed by atoms with Crippen LogP contribution in [0, 0.1) is 11.6 Å². The first-order valence-electron chi connectivity index (χ1n) is 13.6. The molecule has 5 rings (SSSR count). The van der Waals surface area contributed by atoms with Gasteiger partial charge in [0.2, 0.25) is 5.43 Å². The first-order valence-corrected chi connectivity index (χ1v) is 13.6. The van der Waals surface area contributed by atoms with Crippen LogP contribution < -0.4 is 25.0 Å². The van der Waals surface area contributed by atoms with Crippen molar-refractivity contribution in [1.82, 2.24) is 9.55 Å². The summed E-state index contributed by atoms with van der Waals surface area (Å²) in [6.07, 6.45) is 2.69. The van der Waals surface area contributed by atoms with Crippen LogP contribution in [0.25, 0.3) is 22.0 Å². The molecular weight excluding hydrogens is 588 g/mol. The fourth-order valence-electron chi connectivity index (χ4n) is 4.74. The molecule has 3 aromatic carbocycles. The Bertz CT molecular complexity index is 1990. The number of aryl methyl sites for hydroxylation is 1. The summed E-state index contributed by atoms with van der Waals surface area (Å²) in [5.74, 6) is -1.92. The standard InChI is InChI=1S/C33H27F2N3O7/c1-5-44-33(41)30-29(18-6-8-19(34)9-7-18)31(39)22(17-38(30)2)32(40)37-20-10-11-26(23(35)14-20)45-25-12-13-36-24-16-28(43-4)27(42-3)15-21(24)25/h6-17H,5H2,1-4H3,(H,37,40). The summed E-state index contributed by atoms with van der Waals surface area (Å²) in [5, 5.41) is 3.06. The molecule has 10 nitrogen and oxygen atoms in total. The van der Waals surface area contributed by atoms with Crippen LogP contribution in [-0.4, -0.2) is 42.3 Å². The number of pyridine rings is 2. The van der Waals surface area contributed by atoms with Gasteiger partial charge in [-0.25, -0.2) is 13.6 Å². The summed E-state index contributed by atoms with van der Waals surface area (Å²) in [4.78, 5) is 44.0. The van der Waals surface area contributed by atoms with Crippen molar-refractivity contribution >= 4 is 28.5 Å². The van der Waals surface area contributed by atoms with E-state index in [1.54, 1.807) is 25.1 Å². The summed E-state index contributed by atoms with van der Waals surface area (Å²) in [7, 11) is 4.46. The van der Waals surface area contributed by atoms with E-state index in [1.165, 1.54) is 62.5 Å². The third-order valence-corrected chi connectivity index (χ3v) is 6.85. The number of nitrogens with one attached hydrogen (secondary N) is 1. The van der Waals surface area contributed by atoms with Gasteiger partial charge in [0.05, 0.1) is 31.9 Å². The van der Waals surface area contributed by atoms with E-state index in [4.69, 9.17) is 18.9 Å². The van der Waals surface area contributed by atoms with Crippen molar-refractivity contribution in [3.8, 4) is 34.1 Å². The predicted molar refractivity (Wildman–Crippen MR) is 162 cm³/mol. The highest BCUT2D eigenvalue weighted by Crippen LogP contribution is 2.37. The molecular formula is C33H27F2N3O7. The molecule has 5 aromatic rings. The van der Waals surface area contributed by atoms with Crippen molar-refractivity contribution in [1.29, 1.82) is 0 Å². The molecule has 230 valence electrons. The minimum absolute atomic E-state index is 0.0377. The quantitative estimate of drug-likeness (QED) is 0.197. The first kappa shape index (κ1) is 30.7. The van der Waals surface area contributed by atoms with E-state index in [9.17, 15) is 18.8 Å². The number of fused-ring (bicyclic) bond motifs is 1. The number of methoxy groups -OCH3 is 2. The number of esters is 1. The maximum Gasteiger partial charge on any atom is 0.355 e. The van der Waals surface area contributed by atoms with Crippen LogP contribution in [0.5, 0.6) is 23.0 Å². The number of rotatable bonds is 9. The van der Waals surface area contributed by atoms with E-state index in [-0.39, 0.29) is 40.4 Å². The second kappa shape index (κ2) is 12.8. The van der Waals surface area contributed by atoms with E-state index in [0.29, 0.717) is 28.2 Å². The van der Waals surface area contributed by atoms with Crippen molar-refractivity contribution in [3.05, 3.63) is 106 Å². The Morgan fingerprint density at radius 3 is 2.29 bits per heavy atom. The van der Waals surface area contributed by atoms with Crippen LogP contribution in [0.15, 0.2) is 77.9 Å². The van der Waals surface area contributed by atoms with Gasteiger partial charge in [0.1, 0.15) is 22.8 Å². The molecule has 0 aliphatic heterocycles. The number of hydrogen-bond donors (Lipinski definition) is 1. The summed E-state index contributed by atoms with van der Waals surface area (Å²) in [5.41, 5.74) is -0.604. The van der Waals surface area contributed by atoms with Gasteiger partial charge in [0.15, 0.2) is 23.1 Å². The van der Waals surface area contributed by atoms with Gasteiger partial charge >= 0.3 is 5.97 Å². The number of halogens is 2. The minimum Gasteiger partial charge on any atom is -0.493 e. The van der Waals surface area contributed by atoms with E-state index < -0.39 is 28.9 Å². The predicted octanol–water partition coefficient (Wildman–Crippen LogP) is 6.12. The molecule has 2 heterocycles. The molecule has 0 radical (unpaired) electrons. The van der Waals surface area contributed by atoms with Crippen molar-refractivity contribution in [2.45, 2.75) is 6.92 Å². The summed E-state index contributed by atoms with van der Waals surface area (Å²) >= 11 is 0. The Morgan fingerprint density at radius 1 is 0.911 bits per heavy atom. The molecule has 0 saturated carbocycles. The Morgan fingerprint density at radius 2 is 1.62 bits per heavy atom. The molecule has 1 amide bonds. The number of anilines is 1. The molecule has 45 heavy (non-hydrogen) atoms. The summed E-state index contributed by atoms with van der Waals surface area (Å²) in [6.45, 7) is 1.66. The van der Waals surface area contributed by atoms with Gasteiger partial charge in [-0.05, 0) is 48.9 Å². The van der Waals surface area contributed by atoms with Gasteiger partial charge < -0.3 is 28.8 Å². The second-order valence-electron chi connectivity index (χ2n) is 9.67. The zero-order valence-electron chi connectivity index (χ0n) is 24.6. The van der Waals surface area contributed by atoms with Crippen LogP contribution in [0.4, 0.5) is 14.5 Å².